The van der Waals surface area contributed by atoms with E-state index in [1.807, 2.05) is 24.3 Å². The van der Waals surface area contributed by atoms with E-state index in [2.05, 4.69) is 34.6 Å². The van der Waals surface area contributed by atoms with E-state index >= 15 is 0 Å². The molecule has 2 aliphatic carbocycles. The highest BCUT2D eigenvalue weighted by atomic mass is 32.1. The molecule has 0 radical (unpaired) electrons. The fourth-order valence-corrected chi connectivity index (χ4v) is 6.37. The quantitative estimate of drug-likeness (QED) is 0.553. The third kappa shape index (κ3) is 3.85. The summed E-state index contributed by atoms with van der Waals surface area (Å²) in [5, 5.41) is 12.2. The number of nitrogens with zero attached hydrogens (tertiary/aromatic N) is 2. The zero-order valence-electron chi connectivity index (χ0n) is 18.7. The summed E-state index contributed by atoms with van der Waals surface area (Å²) in [6.45, 7) is 1.18. The lowest BCUT2D eigenvalue weighted by atomic mass is 9.98. The first-order valence-corrected chi connectivity index (χ1v) is 12.4. The lowest BCUT2D eigenvalue weighted by Gasteiger charge is -2.25. The molecule has 2 heterocycles. The molecule has 3 atom stereocenters. The second-order valence-corrected chi connectivity index (χ2v) is 10.2. The van der Waals surface area contributed by atoms with Crippen molar-refractivity contribution in [3.05, 3.63) is 70.7 Å². The number of carbonyl (C=O) groups excluding carboxylic acids is 2. The van der Waals surface area contributed by atoms with E-state index in [4.69, 9.17) is 4.74 Å². The monoisotopic (exact) mass is 489 g/mol. The molecule has 1 aliphatic heterocycles. The van der Waals surface area contributed by atoms with Crippen LogP contribution in [0.1, 0.15) is 33.1 Å². The second-order valence-electron chi connectivity index (χ2n) is 9.21. The maximum absolute atomic E-state index is 12.9. The number of nitrogens with one attached hydrogen (secondary N) is 1. The summed E-state index contributed by atoms with van der Waals surface area (Å²) in [6, 6.07) is 16.3. The second kappa shape index (κ2) is 8.49. The molecule has 35 heavy (non-hydrogen) atoms. The lowest BCUT2D eigenvalue weighted by molar-refractivity contribution is -0.139. The van der Waals surface area contributed by atoms with Gasteiger partial charge in [0.1, 0.15) is 11.5 Å². The highest BCUT2D eigenvalue weighted by Gasteiger charge is 2.57. The number of hydrogen-bond donors (Lipinski definition) is 2. The Morgan fingerprint density at radius 2 is 1.74 bits per heavy atom. The number of rotatable bonds is 5. The average Bonchev–Trinajstić information content (AvgIpc) is 3.26. The number of aliphatic carboxylic acids is 1. The number of carbonyl (C=O) groups is 3. The average molecular weight is 490 g/mol. The fourth-order valence-electron chi connectivity index (χ4n) is 5.60. The summed E-state index contributed by atoms with van der Waals surface area (Å²) >= 11 is 1.09. The minimum atomic E-state index is -0.776. The molecule has 1 saturated carbocycles. The van der Waals surface area contributed by atoms with Crippen LogP contribution < -0.4 is 5.32 Å². The molecule has 1 aromatic heterocycles. The maximum atomic E-state index is 12.9. The van der Waals surface area contributed by atoms with E-state index < -0.39 is 12.1 Å². The Kier molecular flexibility index (Phi) is 5.29. The van der Waals surface area contributed by atoms with E-state index in [1.165, 1.54) is 6.20 Å². The number of aromatic nitrogens is 1. The fraction of sp³-hybridized carbons (Fsp3) is 0.308. The summed E-state index contributed by atoms with van der Waals surface area (Å²) in [7, 11) is 0. The standard InChI is InChI=1S/C26H23N3O5S/c30-23(29-10-9-18-19(12-29)22(18)24(31)32)21-11-27-25(35-21)28-26(33)34-13-20-16-7-3-1-5-14(16)15-6-2-4-8-17(15)20/h1-8,11,18-20,22H,9-10,12-13H2,(H,31,32)(H,27,28,33)/t18-,19+,22?/m1/s1. The highest BCUT2D eigenvalue weighted by Crippen LogP contribution is 2.52. The van der Waals surface area contributed by atoms with E-state index in [1.54, 1.807) is 4.90 Å². The Morgan fingerprint density at radius 1 is 1.06 bits per heavy atom. The molecular formula is C26H23N3O5S. The van der Waals surface area contributed by atoms with Crippen LogP contribution in [0, 0.1) is 17.8 Å². The predicted molar refractivity (Wildman–Crippen MR) is 129 cm³/mol. The molecular weight excluding hydrogens is 466 g/mol. The first kappa shape index (κ1) is 21.8. The topological polar surface area (TPSA) is 109 Å². The van der Waals surface area contributed by atoms with Gasteiger partial charge in [-0.1, -0.05) is 59.9 Å². The number of carboxylic acids is 1. The number of likely N-dealkylation sites (tertiary alicyclic amines) is 1. The number of benzene rings is 2. The molecule has 2 fully saturated rings. The highest BCUT2D eigenvalue weighted by molar-refractivity contribution is 7.17. The van der Waals surface area contributed by atoms with Gasteiger partial charge in [0.05, 0.1) is 12.1 Å². The maximum Gasteiger partial charge on any atom is 0.413 e. The third-order valence-electron chi connectivity index (χ3n) is 7.34. The molecule has 6 rings (SSSR count). The molecule has 0 spiro atoms. The van der Waals surface area contributed by atoms with Gasteiger partial charge < -0.3 is 14.7 Å². The van der Waals surface area contributed by atoms with Gasteiger partial charge in [-0.25, -0.2) is 9.78 Å². The Morgan fingerprint density at radius 3 is 2.43 bits per heavy atom. The van der Waals surface area contributed by atoms with Gasteiger partial charge >= 0.3 is 12.1 Å². The van der Waals surface area contributed by atoms with Crippen molar-refractivity contribution in [2.24, 2.45) is 17.8 Å². The lowest BCUT2D eigenvalue weighted by Crippen LogP contribution is -2.36. The van der Waals surface area contributed by atoms with Crippen LogP contribution in [0.3, 0.4) is 0 Å². The third-order valence-corrected chi connectivity index (χ3v) is 8.24. The summed E-state index contributed by atoms with van der Waals surface area (Å²) < 4.78 is 5.55. The zero-order chi connectivity index (χ0) is 24.1. The minimum Gasteiger partial charge on any atom is -0.481 e. The number of hydrogen-bond acceptors (Lipinski definition) is 6. The number of amides is 2. The van der Waals surface area contributed by atoms with Crippen molar-refractivity contribution in [2.75, 3.05) is 25.0 Å². The molecule has 178 valence electrons. The van der Waals surface area contributed by atoms with Gasteiger partial charge in [0.15, 0.2) is 5.13 Å². The van der Waals surface area contributed by atoms with Crippen LogP contribution in [0.4, 0.5) is 9.93 Å². The molecule has 0 bridgehead atoms. The largest absolute Gasteiger partial charge is 0.481 e. The molecule has 2 aromatic carbocycles. The van der Waals surface area contributed by atoms with E-state index in [0.29, 0.717) is 24.4 Å². The van der Waals surface area contributed by atoms with Gasteiger partial charge in [0.25, 0.3) is 5.91 Å². The number of ether oxygens (including phenoxy) is 1. The molecule has 3 aliphatic rings. The summed E-state index contributed by atoms with van der Waals surface area (Å²) in [5.41, 5.74) is 4.58. The first-order chi connectivity index (χ1) is 17.0. The van der Waals surface area contributed by atoms with E-state index in [0.717, 1.165) is 33.6 Å². The van der Waals surface area contributed by atoms with Gasteiger partial charge in [0.2, 0.25) is 0 Å². The van der Waals surface area contributed by atoms with Crippen LogP contribution in [0.25, 0.3) is 11.1 Å². The number of fused-ring (bicyclic) bond motifs is 4. The normalized spacial score (nSPS) is 22.1. The van der Waals surface area contributed by atoms with E-state index in [9.17, 15) is 19.5 Å². The van der Waals surface area contributed by atoms with Gasteiger partial charge in [-0.3, -0.25) is 14.9 Å². The molecule has 9 heteroatoms. The zero-order valence-corrected chi connectivity index (χ0v) is 19.5. The molecule has 1 saturated heterocycles. The smallest absolute Gasteiger partial charge is 0.413 e. The Labute approximate surface area is 205 Å². The summed E-state index contributed by atoms with van der Waals surface area (Å²) in [5.74, 6) is -1.11. The van der Waals surface area contributed by atoms with Gasteiger partial charge in [-0.05, 0) is 40.5 Å². The van der Waals surface area contributed by atoms with Crippen molar-refractivity contribution in [2.45, 2.75) is 12.3 Å². The van der Waals surface area contributed by atoms with Gasteiger partial charge in [0, 0.05) is 19.0 Å². The van der Waals surface area contributed by atoms with Crippen molar-refractivity contribution in [1.82, 2.24) is 9.88 Å². The number of thiazole rings is 1. The van der Waals surface area contributed by atoms with Crippen molar-refractivity contribution < 1.29 is 24.2 Å². The molecule has 3 aromatic rings. The Hall–Kier alpha value is -3.72. The summed E-state index contributed by atoms with van der Waals surface area (Å²) in [4.78, 5) is 42.9. The Balaban J connectivity index is 1.07. The van der Waals surface area contributed by atoms with Crippen LogP contribution in [0.2, 0.25) is 0 Å². The molecule has 1 unspecified atom stereocenters. The van der Waals surface area contributed by atoms with Gasteiger partial charge in [-0.15, -0.1) is 0 Å². The van der Waals surface area contributed by atoms with Crippen LogP contribution in [-0.4, -0.2) is 52.7 Å². The van der Waals surface area contributed by atoms with Crippen LogP contribution in [-0.2, 0) is 9.53 Å². The number of carboxylic acid groups (broad SMARTS) is 1. The van der Waals surface area contributed by atoms with Crippen molar-refractivity contribution in [1.29, 1.82) is 0 Å². The number of anilines is 1. The van der Waals surface area contributed by atoms with Gasteiger partial charge in [-0.2, -0.15) is 0 Å². The van der Waals surface area contributed by atoms with Crippen LogP contribution in [0.15, 0.2) is 54.7 Å². The van der Waals surface area contributed by atoms with Crippen LogP contribution in [0.5, 0.6) is 0 Å². The van der Waals surface area contributed by atoms with Crippen LogP contribution >= 0.6 is 11.3 Å². The first-order valence-electron chi connectivity index (χ1n) is 11.6. The van der Waals surface area contributed by atoms with Crippen molar-refractivity contribution in [3.63, 3.8) is 0 Å². The molecule has 2 amide bonds. The Bertz CT molecular complexity index is 1290. The van der Waals surface area contributed by atoms with Crippen molar-refractivity contribution in [3.8, 4) is 11.1 Å². The van der Waals surface area contributed by atoms with Crippen molar-refractivity contribution >= 4 is 34.4 Å². The number of piperidine rings is 1. The van der Waals surface area contributed by atoms with E-state index in [-0.39, 0.29) is 41.3 Å². The SMILES string of the molecule is O=C(Nc1ncc(C(=O)N2CC[C@H]3C(C(=O)O)[C@H]3C2)s1)OCC1c2ccccc2-c2ccccc21. The molecule has 8 nitrogen and oxygen atoms in total. The molecule has 2 N–H and O–H groups in total. The predicted octanol–water partition coefficient (Wildman–Crippen LogP) is 4.30. The minimum absolute atomic E-state index is 0.0385. The summed E-state index contributed by atoms with van der Waals surface area (Å²) in [6.07, 6.45) is 1.53.